The van der Waals surface area contributed by atoms with E-state index in [-0.39, 0.29) is 5.82 Å². The lowest BCUT2D eigenvalue weighted by molar-refractivity contribution is -0.138. The van der Waals surface area contributed by atoms with E-state index in [9.17, 15) is 4.79 Å². The number of carbonyl (C=O) groups is 1. The van der Waals surface area contributed by atoms with Gasteiger partial charge in [-0.15, -0.1) is 0 Å². The summed E-state index contributed by atoms with van der Waals surface area (Å²) in [6, 6.07) is -1.13. The van der Waals surface area contributed by atoms with Crippen molar-refractivity contribution in [1.29, 1.82) is 0 Å². The third kappa shape index (κ3) is 2.22. The Hall–Kier alpha value is -1.49. The Bertz CT molecular complexity index is 297. The first-order valence-corrected chi connectivity index (χ1v) is 3.94. The zero-order valence-electron chi connectivity index (χ0n) is 7.27. The van der Waals surface area contributed by atoms with Crippen LogP contribution in [0, 0.1) is 0 Å². The van der Waals surface area contributed by atoms with Crippen molar-refractivity contribution in [3.8, 4) is 0 Å². The second-order valence-electron chi connectivity index (χ2n) is 2.62. The Morgan fingerprint density at radius 2 is 2.15 bits per heavy atom. The zero-order valence-corrected chi connectivity index (χ0v) is 7.27. The lowest BCUT2D eigenvalue weighted by Gasteiger charge is -2.04. The second kappa shape index (κ2) is 3.95. The van der Waals surface area contributed by atoms with Gasteiger partial charge in [-0.3, -0.25) is 4.79 Å². The molecule has 70 valence electrons. The monoisotopic (exact) mass is 181 g/mol. The molecule has 0 saturated carbocycles. The van der Waals surface area contributed by atoms with Crippen molar-refractivity contribution < 1.29 is 9.90 Å². The van der Waals surface area contributed by atoms with E-state index in [4.69, 9.17) is 10.8 Å². The van der Waals surface area contributed by atoms with E-state index in [1.165, 1.54) is 0 Å². The number of carboxylic acid groups (broad SMARTS) is 1. The predicted molar refractivity (Wildman–Crippen MR) is 46.0 cm³/mol. The van der Waals surface area contributed by atoms with Crippen LogP contribution in [0.25, 0.3) is 0 Å². The molecule has 0 bridgehead atoms. The van der Waals surface area contributed by atoms with E-state index < -0.39 is 12.0 Å². The first kappa shape index (κ1) is 9.60. The van der Waals surface area contributed by atoms with Crippen LogP contribution in [-0.4, -0.2) is 21.0 Å². The standard InChI is InChI=1S/C8H11N3O2/c1-2-5-3-10-7(11-4-5)6(9)8(12)13/h3-4,6H,2,9H2,1H3,(H,12,13). The minimum absolute atomic E-state index is 0.143. The van der Waals surface area contributed by atoms with Gasteiger partial charge in [0.2, 0.25) is 0 Å². The molecule has 0 aromatic carbocycles. The van der Waals surface area contributed by atoms with Gasteiger partial charge in [-0.05, 0) is 12.0 Å². The fourth-order valence-electron chi connectivity index (χ4n) is 0.818. The minimum Gasteiger partial charge on any atom is -0.480 e. The highest BCUT2D eigenvalue weighted by molar-refractivity contribution is 5.73. The van der Waals surface area contributed by atoms with E-state index in [0.29, 0.717) is 0 Å². The summed E-state index contributed by atoms with van der Waals surface area (Å²) in [5, 5.41) is 8.56. The quantitative estimate of drug-likeness (QED) is 0.691. The highest BCUT2D eigenvalue weighted by atomic mass is 16.4. The average Bonchev–Trinajstić information content (AvgIpc) is 2.17. The molecule has 0 aliphatic carbocycles. The van der Waals surface area contributed by atoms with Crippen molar-refractivity contribution >= 4 is 5.97 Å². The van der Waals surface area contributed by atoms with Crippen LogP contribution in [0.1, 0.15) is 24.4 Å². The van der Waals surface area contributed by atoms with Gasteiger partial charge in [0.15, 0.2) is 11.9 Å². The zero-order chi connectivity index (χ0) is 9.84. The highest BCUT2D eigenvalue weighted by Gasteiger charge is 2.16. The van der Waals surface area contributed by atoms with Crippen LogP contribution in [0.2, 0.25) is 0 Å². The summed E-state index contributed by atoms with van der Waals surface area (Å²) in [5.41, 5.74) is 6.26. The summed E-state index contributed by atoms with van der Waals surface area (Å²) in [4.78, 5) is 18.2. The first-order valence-electron chi connectivity index (χ1n) is 3.94. The van der Waals surface area contributed by atoms with Crippen molar-refractivity contribution in [1.82, 2.24) is 9.97 Å². The molecule has 1 unspecified atom stereocenters. The molecule has 1 rings (SSSR count). The summed E-state index contributed by atoms with van der Waals surface area (Å²) in [6.07, 6.45) is 4.00. The molecule has 0 amide bonds. The molecule has 13 heavy (non-hydrogen) atoms. The molecule has 3 N–H and O–H groups in total. The van der Waals surface area contributed by atoms with Gasteiger partial charge in [0.1, 0.15) is 0 Å². The molecule has 0 fully saturated rings. The lowest BCUT2D eigenvalue weighted by atomic mass is 10.2. The van der Waals surface area contributed by atoms with Gasteiger partial charge in [0, 0.05) is 12.4 Å². The van der Waals surface area contributed by atoms with E-state index in [0.717, 1.165) is 12.0 Å². The van der Waals surface area contributed by atoms with Crippen LogP contribution in [0.15, 0.2) is 12.4 Å². The SMILES string of the molecule is CCc1cnc(C(N)C(=O)O)nc1. The molecule has 5 heteroatoms. The maximum Gasteiger partial charge on any atom is 0.328 e. The van der Waals surface area contributed by atoms with Crippen LogP contribution < -0.4 is 5.73 Å². The van der Waals surface area contributed by atoms with Crippen LogP contribution in [0.5, 0.6) is 0 Å². The van der Waals surface area contributed by atoms with Gasteiger partial charge in [-0.25, -0.2) is 9.97 Å². The molecule has 0 saturated heterocycles. The fraction of sp³-hybridized carbons (Fsp3) is 0.375. The van der Waals surface area contributed by atoms with E-state index in [1.54, 1.807) is 12.4 Å². The molecule has 1 atom stereocenters. The molecular formula is C8H11N3O2. The summed E-state index contributed by atoms with van der Waals surface area (Å²) < 4.78 is 0. The number of aliphatic carboxylic acids is 1. The number of aryl methyl sites for hydroxylation is 1. The fourth-order valence-corrected chi connectivity index (χ4v) is 0.818. The summed E-state index contributed by atoms with van der Waals surface area (Å²) in [7, 11) is 0. The Labute approximate surface area is 75.6 Å². The van der Waals surface area contributed by atoms with Crippen molar-refractivity contribution in [3.63, 3.8) is 0 Å². The first-order chi connectivity index (χ1) is 6.15. The van der Waals surface area contributed by atoms with Gasteiger partial charge in [0.25, 0.3) is 0 Å². The van der Waals surface area contributed by atoms with Crippen LogP contribution >= 0.6 is 0 Å². The van der Waals surface area contributed by atoms with Gasteiger partial charge < -0.3 is 10.8 Å². The third-order valence-electron chi connectivity index (χ3n) is 1.68. The van der Waals surface area contributed by atoms with Gasteiger partial charge >= 0.3 is 5.97 Å². The van der Waals surface area contributed by atoms with Gasteiger partial charge in [-0.1, -0.05) is 6.92 Å². The van der Waals surface area contributed by atoms with Crippen LogP contribution in [0.4, 0.5) is 0 Å². The molecule has 5 nitrogen and oxygen atoms in total. The second-order valence-corrected chi connectivity index (χ2v) is 2.62. The number of aromatic nitrogens is 2. The Morgan fingerprint density at radius 1 is 1.62 bits per heavy atom. The highest BCUT2D eigenvalue weighted by Crippen LogP contribution is 2.04. The number of hydrogen-bond donors (Lipinski definition) is 2. The number of nitrogens with zero attached hydrogens (tertiary/aromatic N) is 2. The Kier molecular flexibility index (Phi) is 2.92. The van der Waals surface area contributed by atoms with Crippen LogP contribution in [-0.2, 0) is 11.2 Å². The largest absolute Gasteiger partial charge is 0.480 e. The van der Waals surface area contributed by atoms with Crippen LogP contribution in [0.3, 0.4) is 0 Å². The average molecular weight is 181 g/mol. The summed E-state index contributed by atoms with van der Waals surface area (Å²) in [6.45, 7) is 1.97. The topological polar surface area (TPSA) is 89.1 Å². The summed E-state index contributed by atoms with van der Waals surface area (Å²) in [5.74, 6) is -0.978. The predicted octanol–water partition coefficient (Wildman–Crippen LogP) is 0.123. The van der Waals surface area contributed by atoms with E-state index in [2.05, 4.69) is 9.97 Å². The number of nitrogens with two attached hydrogens (primary N) is 1. The number of carboxylic acids is 1. The Balaban J connectivity index is 2.85. The smallest absolute Gasteiger partial charge is 0.328 e. The van der Waals surface area contributed by atoms with Crippen molar-refractivity contribution in [2.24, 2.45) is 5.73 Å². The third-order valence-corrected chi connectivity index (χ3v) is 1.68. The van der Waals surface area contributed by atoms with Crippen molar-refractivity contribution in [2.45, 2.75) is 19.4 Å². The Morgan fingerprint density at radius 3 is 2.54 bits per heavy atom. The molecular weight excluding hydrogens is 170 g/mol. The van der Waals surface area contributed by atoms with E-state index in [1.807, 2.05) is 6.92 Å². The van der Waals surface area contributed by atoms with Crippen molar-refractivity contribution in [2.75, 3.05) is 0 Å². The molecule has 0 aliphatic rings. The van der Waals surface area contributed by atoms with E-state index >= 15 is 0 Å². The molecule has 1 aromatic heterocycles. The lowest BCUT2D eigenvalue weighted by Crippen LogP contribution is -2.23. The molecule has 1 heterocycles. The van der Waals surface area contributed by atoms with Gasteiger partial charge in [0.05, 0.1) is 0 Å². The maximum atomic E-state index is 10.4. The van der Waals surface area contributed by atoms with Gasteiger partial charge in [-0.2, -0.15) is 0 Å². The van der Waals surface area contributed by atoms with Crippen molar-refractivity contribution in [3.05, 3.63) is 23.8 Å². The summed E-state index contributed by atoms with van der Waals surface area (Å²) >= 11 is 0. The molecule has 0 aliphatic heterocycles. The number of rotatable bonds is 3. The maximum absolute atomic E-state index is 10.4. The minimum atomic E-state index is -1.13. The molecule has 0 radical (unpaired) electrons. The molecule has 0 spiro atoms. The molecule has 1 aromatic rings. The normalized spacial score (nSPS) is 12.5. The number of hydrogen-bond acceptors (Lipinski definition) is 4.